The van der Waals surface area contributed by atoms with Gasteiger partial charge >= 0.3 is 5.97 Å². The first-order valence-electron chi connectivity index (χ1n) is 6.25. The van der Waals surface area contributed by atoms with Gasteiger partial charge in [-0.15, -0.1) is 0 Å². The topological polar surface area (TPSA) is 43.4 Å². The summed E-state index contributed by atoms with van der Waals surface area (Å²) in [7, 11) is 1.38. The molecule has 0 N–H and O–H groups in total. The van der Waals surface area contributed by atoms with E-state index in [0.29, 0.717) is 5.56 Å². The fourth-order valence-electron chi connectivity index (χ4n) is 1.48. The minimum Gasteiger partial charge on any atom is -0.465 e. The lowest BCUT2D eigenvalue weighted by molar-refractivity contribution is 0.0600. The smallest absolute Gasteiger partial charge is 0.337 e. The number of carbonyl (C=O) groups excluding carboxylic acids is 2. The van der Waals surface area contributed by atoms with Gasteiger partial charge in [0.05, 0.1) is 12.7 Å². The largest absolute Gasteiger partial charge is 0.465 e. The maximum absolute atomic E-state index is 10.9. The van der Waals surface area contributed by atoms with Gasteiger partial charge in [-0.2, -0.15) is 0 Å². The van der Waals surface area contributed by atoms with Gasteiger partial charge < -0.3 is 4.74 Å². The summed E-state index contributed by atoms with van der Waals surface area (Å²) in [5.74, 6) is -0.166. The molecule has 0 amide bonds. The molecule has 0 atom stereocenters. The van der Waals surface area contributed by atoms with Crippen LogP contribution in [0.3, 0.4) is 0 Å². The second kappa shape index (κ2) is 7.89. The van der Waals surface area contributed by atoms with Gasteiger partial charge in [0, 0.05) is 5.56 Å². The zero-order chi connectivity index (χ0) is 15.0. The molecule has 0 saturated heterocycles. The highest BCUT2D eigenvalue weighted by Crippen LogP contribution is 2.03. The molecule has 0 aromatic heterocycles. The fourth-order valence-corrected chi connectivity index (χ4v) is 1.48. The molecule has 0 bridgehead atoms. The first-order chi connectivity index (χ1) is 9.54. The number of methoxy groups -OCH3 is 1. The van der Waals surface area contributed by atoms with Crippen LogP contribution in [0.2, 0.25) is 0 Å². The Balaban J connectivity index is 0.000000204. The lowest BCUT2D eigenvalue weighted by Gasteiger charge is -1.97. The van der Waals surface area contributed by atoms with Crippen molar-refractivity contribution in [2.45, 2.75) is 13.8 Å². The normalized spacial score (nSPS) is 9.15. The summed E-state index contributed by atoms with van der Waals surface area (Å²) in [4.78, 5) is 21.5. The number of aryl methyl sites for hydroxylation is 1. The number of ketones is 1. The lowest BCUT2D eigenvalue weighted by Crippen LogP contribution is -2.00. The molecule has 0 unspecified atom stereocenters. The summed E-state index contributed by atoms with van der Waals surface area (Å²) in [5, 5.41) is 0. The van der Waals surface area contributed by atoms with E-state index in [9.17, 15) is 9.59 Å². The molecule has 2 rings (SSSR count). The van der Waals surface area contributed by atoms with Crippen LogP contribution in [0.5, 0.6) is 0 Å². The molecular weight excluding hydrogens is 252 g/mol. The van der Waals surface area contributed by atoms with Crippen molar-refractivity contribution in [3.63, 3.8) is 0 Å². The summed E-state index contributed by atoms with van der Waals surface area (Å²) in [5.41, 5.74) is 2.51. The SMILES string of the molecule is CC(=O)c1ccccc1.COC(=O)c1ccc(C)cc1. The molecule has 104 valence electrons. The van der Waals surface area contributed by atoms with Gasteiger partial charge in [-0.3, -0.25) is 4.79 Å². The van der Waals surface area contributed by atoms with Crippen molar-refractivity contribution >= 4 is 11.8 Å². The zero-order valence-electron chi connectivity index (χ0n) is 11.9. The predicted molar refractivity (Wildman–Crippen MR) is 79.0 cm³/mol. The number of benzene rings is 2. The van der Waals surface area contributed by atoms with Crippen LogP contribution in [0.15, 0.2) is 54.6 Å². The lowest BCUT2D eigenvalue weighted by atomic mass is 10.2. The third-order valence-electron chi connectivity index (χ3n) is 2.65. The number of Topliss-reactive ketones (excluding diaryl/α,β-unsaturated/α-hetero) is 1. The number of hydrogen-bond acceptors (Lipinski definition) is 3. The second-order valence-corrected chi connectivity index (χ2v) is 4.28. The van der Waals surface area contributed by atoms with Crippen LogP contribution in [0, 0.1) is 6.92 Å². The second-order valence-electron chi connectivity index (χ2n) is 4.28. The Bertz CT molecular complexity index is 557. The Morgan fingerprint density at radius 3 is 1.80 bits per heavy atom. The highest BCUT2D eigenvalue weighted by molar-refractivity contribution is 5.93. The van der Waals surface area contributed by atoms with E-state index in [4.69, 9.17) is 0 Å². The van der Waals surface area contributed by atoms with E-state index in [2.05, 4.69) is 4.74 Å². The van der Waals surface area contributed by atoms with Gasteiger partial charge in [-0.1, -0.05) is 48.0 Å². The van der Waals surface area contributed by atoms with Crippen LogP contribution < -0.4 is 0 Å². The first-order valence-corrected chi connectivity index (χ1v) is 6.25. The zero-order valence-corrected chi connectivity index (χ0v) is 11.9. The first kappa shape index (κ1) is 15.6. The molecule has 0 fully saturated rings. The van der Waals surface area contributed by atoms with E-state index in [-0.39, 0.29) is 11.8 Å². The molecule has 2 aromatic rings. The van der Waals surface area contributed by atoms with E-state index in [1.807, 2.05) is 49.4 Å². The van der Waals surface area contributed by atoms with Crippen molar-refractivity contribution in [2.75, 3.05) is 7.11 Å². The summed E-state index contributed by atoms with van der Waals surface area (Å²) < 4.78 is 4.54. The molecule has 3 nitrogen and oxygen atoms in total. The van der Waals surface area contributed by atoms with E-state index < -0.39 is 0 Å². The van der Waals surface area contributed by atoms with Crippen LogP contribution in [0.25, 0.3) is 0 Å². The monoisotopic (exact) mass is 270 g/mol. The minimum absolute atomic E-state index is 0.121. The van der Waals surface area contributed by atoms with Crippen molar-refractivity contribution in [2.24, 2.45) is 0 Å². The summed E-state index contributed by atoms with van der Waals surface area (Å²) in [6.45, 7) is 3.54. The minimum atomic E-state index is -0.287. The highest BCUT2D eigenvalue weighted by Gasteiger charge is 2.01. The Morgan fingerprint density at radius 1 is 0.850 bits per heavy atom. The molecule has 0 saturated carbocycles. The van der Waals surface area contributed by atoms with Crippen LogP contribution in [-0.4, -0.2) is 18.9 Å². The Morgan fingerprint density at radius 2 is 1.40 bits per heavy atom. The van der Waals surface area contributed by atoms with Crippen LogP contribution >= 0.6 is 0 Å². The number of hydrogen-bond donors (Lipinski definition) is 0. The number of esters is 1. The number of carbonyl (C=O) groups is 2. The maximum atomic E-state index is 10.9. The van der Waals surface area contributed by atoms with Gasteiger partial charge in [0.1, 0.15) is 0 Å². The van der Waals surface area contributed by atoms with E-state index in [0.717, 1.165) is 11.1 Å². The van der Waals surface area contributed by atoms with Crippen molar-refractivity contribution in [3.8, 4) is 0 Å². The number of rotatable bonds is 2. The average Bonchev–Trinajstić information content (AvgIpc) is 2.49. The van der Waals surface area contributed by atoms with Gasteiger partial charge in [0.15, 0.2) is 5.78 Å². The summed E-state index contributed by atoms with van der Waals surface area (Å²) in [6, 6.07) is 16.5. The average molecular weight is 270 g/mol. The summed E-state index contributed by atoms with van der Waals surface area (Å²) in [6.07, 6.45) is 0. The van der Waals surface area contributed by atoms with E-state index >= 15 is 0 Å². The molecule has 0 spiro atoms. The Labute approximate surface area is 119 Å². The molecule has 0 aliphatic carbocycles. The molecule has 3 heteroatoms. The molecule has 20 heavy (non-hydrogen) atoms. The summed E-state index contributed by atoms with van der Waals surface area (Å²) >= 11 is 0. The standard InChI is InChI=1S/C9H10O2.C8H8O/c1-7-3-5-8(6-4-7)9(10)11-2;1-7(9)8-5-3-2-4-6-8/h3-6H,1-2H3;2-6H,1H3. The molecule has 0 aliphatic heterocycles. The van der Waals surface area contributed by atoms with Gasteiger partial charge in [0.2, 0.25) is 0 Å². The molecule has 0 heterocycles. The molecule has 0 aliphatic rings. The van der Waals surface area contributed by atoms with Crippen LogP contribution in [0.4, 0.5) is 0 Å². The maximum Gasteiger partial charge on any atom is 0.337 e. The Kier molecular flexibility index (Phi) is 6.17. The van der Waals surface area contributed by atoms with E-state index in [1.165, 1.54) is 7.11 Å². The van der Waals surface area contributed by atoms with Gasteiger partial charge in [-0.25, -0.2) is 4.79 Å². The predicted octanol–water partition coefficient (Wildman–Crippen LogP) is 3.67. The van der Waals surface area contributed by atoms with Crippen LogP contribution in [0.1, 0.15) is 33.2 Å². The van der Waals surface area contributed by atoms with Gasteiger partial charge in [-0.05, 0) is 26.0 Å². The van der Waals surface area contributed by atoms with Gasteiger partial charge in [0.25, 0.3) is 0 Å². The third-order valence-corrected chi connectivity index (χ3v) is 2.65. The fraction of sp³-hybridized carbons (Fsp3) is 0.176. The molecule has 2 aromatic carbocycles. The molecular formula is C17H18O3. The van der Waals surface area contributed by atoms with E-state index in [1.54, 1.807) is 19.1 Å². The van der Waals surface area contributed by atoms with Crippen molar-refractivity contribution in [1.82, 2.24) is 0 Å². The van der Waals surface area contributed by atoms with Crippen LogP contribution in [-0.2, 0) is 4.74 Å². The quantitative estimate of drug-likeness (QED) is 0.617. The van der Waals surface area contributed by atoms with Crippen molar-refractivity contribution < 1.29 is 14.3 Å². The van der Waals surface area contributed by atoms with Crippen molar-refractivity contribution in [1.29, 1.82) is 0 Å². The van der Waals surface area contributed by atoms with Crippen molar-refractivity contribution in [3.05, 3.63) is 71.3 Å². The molecule has 0 radical (unpaired) electrons. The number of ether oxygens (including phenoxy) is 1. The highest BCUT2D eigenvalue weighted by atomic mass is 16.5. The third kappa shape index (κ3) is 5.06. The Hall–Kier alpha value is -2.42.